The molecule has 0 atom stereocenters. The van der Waals surface area contributed by atoms with Crippen molar-refractivity contribution >= 4 is 28.2 Å². The van der Waals surface area contributed by atoms with E-state index in [0.717, 1.165) is 18.2 Å². The van der Waals surface area contributed by atoms with Crippen LogP contribution in [-0.4, -0.2) is 51.1 Å². The van der Waals surface area contributed by atoms with E-state index in [9.17, 15) is 14.9 Å². The van der Waals surface area contributed by atoms with Crippen LogP contribution in [0.4, 0.5) is 11.5 Å². The zero-order valence-electron chi connectivity index (χ0n) is 13.9. The van der Waals surface area contributed by atoms with Crippen LogP contribution in [0.5, 0.6) is 0 Å². The molecule has 0 radical (unpaired) electrons. The number of carboxylic acids is 1. The van der Waals surface area contributed by atoms with E-state index in [-0.39, 0.29) is 24.3 Å². The Labute approximate surface area is 144 Å². The number of nitrogens with one attached hydrogen (secondary N) is 1. The third kappa shape index (κ3) is 3.53. The largest absolute Gasteiger partial charge is 0.480 e. The van der Waals surface area contributed by atoms with Crippen molar-refractivity contribution in [2.75, 3.05) is 18.4 Å². The lowest BCUT2D eigenvalue weighted by Gasteiger charge is -2.42. The van der Waals surface area contributed by atoms with Crippen LogP contribution in [0.3, 0.4) is 0 Å². The summed E-state index contributed by atoms with van der Waals surface area (Å²) in [7, 11) is 0. The Kier molecular flexibility index (Phi) is 4.80. The molecule has 2 N–H and O–H groups in total. The molecule has 2 aromatic rings. The normalized spacial score (nSPS) is 19.6. The van der Waals surface area contributed by atoms with Gasteiger partial charge in [0.05, 0.1) is 16.9 Å². The summed E-state index contributed by atoms with van der Waals surface area (Å²) in [4.78, 5) is 27.9. The maximum Gasteiger partial charge on any atom is 0.317 e. The standard InChI is InChI=1S/C17H20N4O4/c1-2-20(10-16(22)23)12-8-11(9-12)19-17-14-4-3-5-15(21(24)25)13(14)6-7-18-17/h3-7,11-12H,2,8-10H2,1H3,(H,18,19)(H,22,23). The van der Waals surface area contributed by atoms with Crippen LogP contribution in [0.15, 0.2) is 30.5 Å². The molecule has 1 aromatic carbocycles. The molecule has 0 saturated heterocycles. The van der Waals surface area contributed by atoms with E-state index >= 15 is 0 Å². The number of pyridine rings is 1. The van der Waals surface area contributed by atoms with Gasteiger partial charge in [-0.2, -0.15) is 0 Å². The van der Waals surface area contributed by atoms with Crippen LogP contribution < -0.4 is 5.32 Å². The second-order valence-electron chi connectivity index (χ2n) is 6.21. The highest BCUT2D eigenvalue weighted by molar-refractivity contribution is 5.97. The maximum absolute atomic E-state index is 11.2. The molecule has 0 aliphatic heterocycles. The molecule has 8 heteroatoms. The summed E-state index contributed by atoms with van der Waals surface area (Å²) in [5, 5.41) is 24.7. The van der Waals surface area contributed by atoms with Crippen molar-refractivity contribution in [2.45, 2.75) is 31.8 Å². The van der Waals surface area contributed by atoms with E-state index in [1.54, 1.807) is 18.3 Å². The van der Waals surface area contributed by atoms with Crippen molar-refractivity contribution < 1.29 is 14.8 Å². The Hall–Kier alpha value is -2.74. The topological polar surface area (TPSA) is 109 Å². The molecule has 0 spiro atoms. The Morgan fingerprint density at radius 1 is 1.40 bits per heavy atom. The van der Waals surface area contributed by atoms with E-state index in [4.69, 9.17) is 5.11 Å². The third-order valence-electron chi connectivity index (χ3n) is 4.69. The second kappa shape index (κ2) is 7.02. The van der Waals surface area contributed by atoms with Gasteiger partial charge in [0.1, 0.15) is 5.82 Å². The van der Waals surface area contributed by atoms with E-state index in [2.05, 4.69) is 10.3 Å². The molecule has 1 aromatic heterocycles. The summed E-state index contributed by atoms with van der Waals surface area (Å²) in [5.74, 6) is -0.188. The number of carbonyl (C=O) groups is 1. The van der Waals surface area contributed by atoms with Crippen molar-refractivity contribution in [3.05, 3.63) is 40.6 Å². The summed E-state index contributed by atoms with van der Waals surface area (Å²) in [5.41, 5.74) is 0.0630. The molecule has 0 amide bonds. The van der Waals surface area contributed by atoms with Crippen LogP contribution in [-0.2, 0) is 4.79 Å². The summed E-state index contributed by atoms with van der Waals surface area (Å²) < 4.78 is 0. The minimum Gasteiger partial charge on any atom is -0.480 e. The minimum atomic E-state index is -0.818. The average molecular weight is 344 g/mol. The smallest absolute Gasteiger partial charge is 0.317 e. The minimum absolute atomic E-state index is 0.0482. The van der Waals surface area contributed by atoms with Crippen molar-refractivity contribution in [3.8, 4) is 0 Å². The zero-order valence-corrected chi connectivity index (χ0v) is 13.9. The van der Waals surface area contributed by atoms with Gasteiger partial charge in [0.2, 0.25) is 0 Å². The molecule has 1 fully saturated rings. The lowest BCUT2D eigenvalue weighted by atomic mass is 9.85. The first-order valence-corrected chi connectivity index (χ1v) is 8.24. The lowest BCUT2D eigenvalue weighted by Crippen LogP contribution is -2.51. The van der Waals surface area contributed by atoms with Gasteiger partial charge in [0, 0.05) is 29.7 Å². The van der Waals surface area contributed by atoms with Gasteiger partial charge >= 0.3 is 5.97 Å². The lowest BCUT2D eigenvalue weighted by molar-refractivity contribution is -0.383. The van der Waals surface area contributed by atoms with E-state index < -0.39 is 10.9 Å². The number of likely N-dealkylation sites (N-methyl/N-ethyl adjacent to an activating group) is 1. The first kappa shape index (κ1) is 17.1. The maximum atomic E-state index is 11.2. The summed E-state index contributed by atoms with van der Waals surface area (Å²) in [6, 6.07) is 7.02. The Bertz CT molecular complexity index is 804. The first-order chi connectivity index (χ1) is 12.0. The van der Waals surface area contributed by atoms with Crippen molar-refractivity contribution in [3.63, 3.8) is 0 Å². The van der Waals surface area contributed by atoms with Crippen molar-refractivity contribution in [1.82, 2.24) is 9.88 Å². The highest BCUT2D eigenvalue weighted by atomic mass is 16.6. The van der Waals surface area contributed by atoms with E-state index in [1.165, 1.54) is 6.07 Å². The molecule has 3 rings (SSSR count). The van der Waals surface area contributed by atoms with Gasteiger partial charge in [-0.05, 0) is 25.5 Å². The number of anilines is 1. The highest BCUT2D eigenvalue weighted by Crippen LogP contribution is 2.33. The van der Waals surface area contributed by atoms with E-state index in [0.29, 0.717) is 17.7 Å². The number of non-ortho nitro benzene ring substituents is 1. The monoisotopic (exact) mass is 344 g/mol. The molecule has 0 unspecified atom stereocenters. The fourth-order valence-corrected chi connectivity index (χ4v) is 3.33. The van der Waals surface area contributed by atoms with E-state index in [1.807, 2.05) is 17.9 Å². The van der Waals surface area contributed by atoms with Crippen molar-refractivity contribution in [2.24, 2.45) is 0 Å². The molecule has 1 saturated carbocycles. The van der Waals surface area contributed by atoms with Crippen LogP contribution in [0.1, 0.15) is 19.8 Å². The number of hydrogen-bond acceptors (Lipinski definition) is 6. The Morgan fingerprint density at radius 2 is 2.16 bits per heavy atom. The van der Waals surface area contributed by atoms with Gasteiger partial charge < -0.3 is 10.4 Å². The number of aliphatic carboxylic acids is 1. The molecule has 8 nitrogen and oxygen atoms in total. The fourth-order valence-electron chi connectivity index (χ4n) is 3.33. The quantitative estimate of drug-likeness (QED) is 0.586. The Balaban J connectivity index is 1.72. The second-order valence-corrected chi connectivity index (χ2v) is 6.21. The van der Waals surface area contributed by atoms with Gasteiger partial charge in [-0.25, -0.2) is 4.98 Å². The summed E-state index contributed by atoms with van der Waals surface area (Å²) in [6.07, 6.45) is 3.22. The van der Waals surface area contributed by atoms with Gasteiger partial charge in [-0.1, -0.05) is 19.1 Å². The zero-order chi connectivity index (χ0) is 18.0. The Morgan fingerprint density at radius 3 is 2.80 bits per heavy atom. The third-order valence-corrected chi connectivity index (χ3v) is 4.69. The molecule has 1 aliphatic rings. The number of nitro benzene ring substituents is 1. The molecule has 1 heterocycles. The molecular weight excluding hydrogens is 324 g/mol. The number of nitrogens with zero attached hydrogens (tertiary/aromatic N) is 3. The number of carboxylic acid groups (broad SMARTS) is 1. The summed E-state index contributed by atoms with van der Waals surface area (Å²) in [6.45, 7) is 2.70. The predicted octanol–water partition coefficient (Wildman–Crippen LogP) is 2.49. The van der Waals surface area contributed by atoms with Crippen LogP contribution in [0, 0.1) is 10.1 Å². The van der Waals surface area contributed by atoms with Gasteiger partial charge in [0.25, 0.3) is 5.69 Å². The first-order valence-electron chi connectivity index (χ1n) is 8.24. The average Bonchev–Trinajstić information content (AvgIpc) is 2.55. The van der Waals surface area contributed by atoms with Crippen LogP contribution >= 0.6 is 0 Å². The number of rotatable bonds is 7. The number of hydrogen-bond donors (Lipinski definition) is 2. The fraction of sp³-hybridized carbons (Fsp3) is 0.412. The summed E-state index contributed by atoms with van der Waals surface area (Å²) >= 11 is 0. The van der Waals surface area contributed by atoms with Crippen LogP contribution in [0.25, 0.3) is 10.8 Å². The molecular formula is C17H20N4O4. The molecule has 132 valence electrons. The van der Waals surface area contributed by atoms with Crippen molar-refractivity contribution in [1.29, 1.82) is 0 Å². The molecule has 1 aliphatic carbocycles. The van der Waals surface area contributed by atoms with Crippen LogP contribution in [0.2, 0.25) is 0 Å². The van der Waals surface area contributed by atoms with Gasteiger partial charge in [0.15, 0.2) is 0 Å². The predicted molar refractivity (Wildman–Crippen MR) is 93.7 cm³/mol. The SMILES string of the molecule is CCN(CC(=O)O)C1CC(Nc2nccc3c([N+](=O)[O-])cccc23)C1. The number of nitro groups is 1. The number of benzene rings is 1. The number of aromatic nitrogens is 1. The molecule has 0 bridgehead atoms. The van der Waals surface area contributed by atoms with Gasteiger partial charge in [-0.3, -0.25) is 19.8 Å². The molecule has 25 heavy (non-hydrogen) atoms. The highest BCUT2D eigenvalue weighted by Gasteiger charge is 2.34. The van der Waals surface area contributed by atoms with Gasteiger partial charge in [-0.15, -0.1) is 0 Å². The number of fused-ring (bicyclic) bond motifs is 1.